The van der Waals surface area contributed by atoms with Gasteiger partial charge in [-0.2, -0.15) is 0 Å². The van der Waals surface area contributed by atoms with E-state index in [4.69, 9.17) is 15.8 Å². The Hall–Kier alpha value is -0.155. The van der Waals surface area contributed by atoms with Gasteiger partial charge >= 0.3 is 13.1 Å². The van der Waals surface area contributed by atoms with Gasteiger partial charge in [0.2, 0.25) is 0 Å². The van der Waals surface area contributed by atoms with E-state index in [0.717, 1.165) is 0 Å². The predicted octanol–water partition coefficient (Wildman–Crippen LogP) is 0.255. The van der Waals surface area contributed by atoms with Gasteiger partial charge in [0, 0.05) is 19.6 Å². The van der Waals surface area contributed by atoms with Crippen LogP contribution >= 0.6 is 24.8 Å². The molecule has 0 saturated carbocycles. The summed E-state index contributed by atoms with van der Waals surface area (Å²) in [6.45, 7) is 1.85. The molecule has 0 spiro atoms. The van der Waals surface area contributed by atoms with Crippen molar-refractivity contribution in [1.82, 2.24) is 4.90 Å². The highest BCUT2D eigenvalue weighted by Crippen LogP contribution is 2.20. The number of nitrogens with two attached hydrogens (primary N) is 1. The van der Waals surface area contributed by atoms with Crippen LogP contribution in [0.2, 0.25) is 6.32 Å². The Morgan fingerprint density at radius 3 is 2.21 bits per heavy atom. The van der Waals surface area contributed by atoms with Gasteiger partial charge in [0.05, 0.1) is 0 Å². The lowest BCUT2D eigenvalue weighted by Crippen LogP contribution is -2.50. The van der Waals surface area contributed by atoms with Crippen LogP contribution in [0.5, 0.6) is 0 Å². The minimum atomic E-state index is -1.36. The predicted molar refractivity (Wildman–Crippen MR) is 96.7 cm³/mol. The number of carbonyl (C=O) groups is 1. The van der Waals surface area contributed by atoms with E-state index in [0.29, 0.717) is 58.2 Å². The number of rotatable bonds is 9. The molecular formula is C13H30BCl2FN2O5. The van der Waals surface area contributed by atoms with Crippen LogP contribution in [0.1, 0.15) is 38.5 Å². The first-order valence-corrected chi connectivity index (χ1v) is 7.58. The molecule has 1 heterocycles. The first-order valence-electron chi connectivity index (χ1n) is 7.58. The van der Waals surface area contributed by atoms with Gasteiger partial charge in [-0.15, -0.1) is 24.8 Å². The van der Waals surface area contributed by atoms with Gasteiger partial charge in [0.15, 0.2) is 0 Å². The summed E-state index contributed by atoms with van der Waals surface area (Å²) in [5.41, 5.74) is 4.68. The van der Waals surface area contributed by atoms with Crippen LogP contribution < -0.4 is 5.73 Å². The Morgan fingerprint density at radius 1 is 1.21 bits per heavy atom. The average molecular weight is 395 g/mol. The number of nitrogens with zero attached hydrogens (tertiary/aromatic N) is 1. The topological polar surface area (TPSA) is 139 Å². The Labute approximate surface area is 155 Å². The number of carboxylic acids is 1. The maximum Gasteiger partial charge on any atom is 0.451 e. The molecule has 0 aliphatic carbocycles. The van der Waals surface area contributed by atoms with E-state index in [1.807, 2.05) is 0 Å². The number of likely N-dealkylation sites (tertiary alicyclic amines) is 1. The molecular weight excluding hydrogens is 365 g/mol. The lowest BCUT2D eigenvalue weighted by Gasteiger charge is -2.32. The van der Waals surface area contributed by atoms with Crippen LogP contribution in [-0.4, -0.2) is 70.0 Å². The van der Waals surface area contributed by atoms with Crippen molar-refractivity contribution in [3.05, 3.63) is 0 Å². The average Bonchev–Trinajstić information content (AvgIpc) is 2.42. The molecule has 24 heavy (non-hydrogen) atoms. The van der Waals surface area contributed by atoms with Gasteiger partial charge in [-0.3, -0.25) is 4.79 Å². The van der Waals surface area contributed by atoms with Crippen molar-refractivity contribution in [2.24, 2.45) is 5.73 Å². The maximum atomic E-state index is 13.0. The van der Waals surface area contributed by atoms with Crippen LogP contribution in [-0.2, 0) is 4.79 Å². The van der Waals surface area contributed by atoms with Gasteiger partial charge < -0.3 is 31.3 Å². The Morgan fingerprint density at radius 2 is 1.75 bits per heavy atom. The molecule has 0 radical (unpaired) electrons. The summed E-state index contributed by atoms with van der Waals surface area (Å²) >= 11 is 0. The Balaban J connectivity index is -0.00000147. The van der Waals surface area contributed by atoms with Gasteiger partial charge in [0.25, 0.3) is 0 Å². The fraction of sp³-hybridized carbons (Fsp3) is 0.923. The summed E-state index contributed by atoms with van der Waals surface area (Å²) in [7, 11) is -1.36. The third-order valence-electron chi connectivity index (χ3n) is 4.15. The zero-order valence-electron chi connectivity index (χ0n) is 13.7. The highest BCUT2D eigenvalue weighted by molar-refractivity contribution is 6.40. The number of aliphatic carboxylic acids is 1. The number of halogens is 3. The summed E-state index contributed by atoms with van der Waals surface area (Å²) in [6, 6.07) is 0. The number of alkyl halides is 1. The van der Waals surface area contributed by atoms with E-state index in [-0.39, 0.29) is 36.6 Å². The van der Waals surface area contributed by atoms with Crippen molar-refractivity contribution in [1.29, 1.82) is 0 Å². The number of unbranched alkanes of at least 4 members (excludes halogenated alkanes) is 1. The SMILES string of the molecule is Cl.Cl.NC(CCCCB(O)O)(CCN1CCC(F)CC1)C(=O)O.O. The summed E-state index contributed by atoms with van der Waals surface area (Å²) in [6.07, 6.45) is 2.16. The number of carboxylic acid groups (broad SMARTS) is 1. The molecule has 7 N–H and O–H groups in total. The quantitative estimate of drug-likeness (QED) is 0.326. The van der Waals surface area contributed by atoms with E-state index in [1.54, 1.807) is 0 Å². The zero-order valence-corrected chi connectivity index (χ0v) is 15.3. The van der Waals surface area contributed by atoms with E-state index < -0.39 is 24.8 Å². The molecule has 0 bridgehead atoms. The van der Waals surface area contributed by atoms with E-state index >= 15 is 0 Å². The molecule has 1 unspecified atom stereocenters. The number of piperidine rings is 1. The molecule has 0 aromatic rings. The molecule has 11 heteroatoms. The van der Waals surface area contributed by atoms with E-state index in [9.17, 15) is 14.3 Å². The largest absolute Gasteiger partial charge is 0.480 e. The standard InChI is InChI=1S/C13H26BFN2O4.2ClH.H2O/c15-11-3-8-17(9-4-11)10-6-13(16,12(18)19)5-1-2-7-14(20)21;;;/h11,20-21H,1-10,16H2,(H,18,19);2*1H;1H2. The van der Waals surface area contributed by atoms with Crippen LogP contribution in [0.3, 0.4) is 0 Å². The molecule has 7 nitrogen and oxygen atoms in total. The molecule has 0 amide bonds. The molecule has 1 saturated heterocycles. The van der Waals surface area contributed by atoms with Crippen LogP contribution in [0.25, 0.3) is 0 Å². The van der Waals surface area contributed by atoms with Crippen molar-refractivity contribution in [3.8, 4) is 0 Å². The second-order valence-electron chi connectivity index (χ2n) is 5.95. The van der Waals surface area contributed by atoms with Crippen molar-refractivity contribution in [2.75, 3.05) is 19.6 Å². The smallest absolute Gasteiger partial charge is 0.451 e. The lowest BCUT2D eigenvalue weighted by atomic mass is 9.81. The van der Waals surface area contributed by atoms with Crippen molar-refractivity contribution in [3.63, 3.8) is 0 Å². The first-order chi connectivity index (χ1) is 9.83. The molecule has 1 aliphatic heterocycles. The van der Waals surface area contributed by atoms with Gasteiger partial charge in [-0.1, -0.05) is 12.8 Å². The summed E-state index contributed by atoms with van der Waals surface area (Å²) in [5.74, 6) is -1.03. The summed E-state index contributed by atoms with van der Waals surface area (Å²) < 4.78 is 13.0. The van der Waals surface area contributed by atoms with Crippen molar-refractivity contribution >= 4 is 37.9 Å². The zero-order chi connectivity index (χ0) is 15.9. The third kappa shape index (κ3) is 10.7. The first kappa shape index (κ1) is 28.6. The Bertz CT molecular complexity index is 339. The minimum absolute atomic E-state index is 0. The van der Waals surface area contributed by atoms with Crippen molar-refractivity contribution in [2.45, 2.75) is 56.6 Å². The van der Waals surface area contributed by atoms with Gasteiger partial charge in [0.1, 0.15) is 11.7 Å². The molecule has 0 aromatic heterocycles. The van der Waals surface area contributed by atoms with Gasteiger partial charge in [-0.25, -0.2) is 4.39 Å². The fourth-order valence-electron chi connectivity index (χ4n) is 2.59. The minimum Gasteiger partial charge on any atom is -0.480 e. The van der Waals surface area contributed by atoms with Crippen molar-refractivity contribution < 1.29 is 29.8 Å². The Kier molecular flexibility index (Phi) is 16.8. The fourth-order valence-corrected chi connectivity index (χ4v) is 2.59. The highest BCUT2D eigenvalue weighted by atomic mass is 35.5. The second-order valence-corrected chi connectivity index (χ2v) is 5.95. The molecule has 1 atom stereocenters. The van der Waals surface area contributed by atoms with E-state index in [2.05, 4.69) is 4.90 Å². The van der Waals surface area contributed by atoms with Crippen LogP contribution in [0.4, 0.5) is 4.39 Å². The van der Waals surface area contributed by atoms with Gasteiger partial charge in [-0.05, 0) is 32.0 Å². The van der Waals surface area contributed by atoms with Crippen LogP contribution in [0.15, 0.2) is 0 Å². The van der Waals surface area contributed by atoms with E-state index in [1.165, 1.54) is 0 Å². The lowest BCUT2D eigenvalue weighted by molar-refractivity contribution is -0.144. The second kappa shape index (κ2) is 14.1. The molecule has 1 rings (SSSR count). The molecule has 1 aliphatic rings. The molecule has 0 aromatic carbocycles. The normalized spacial score (nSPS) is 17.7. The summed E-state index contributed by atoms with van der Waals surface area (Å²) in [4.78, 5) is 13.4. The summed E-state index contributed by atoms with van der Waals surface area (Å²) in [5, 5.41) is 26.8. The third-order valence-corrected chi connectivity index (χ3v) is 4.15. The maximum absolute atomic E-state index is 13.0. The highest BCUT2D eigenvalue weighted by Gasteiger charge is 2.34. The number of hydrogen-bond donors (Lipinski definition) is 4. The number of hydrogen-bond acceptors (Lipinski definition) is 5. The molecule has 146 valence electrons. The monoisotopic (exact) mass is 394 g/mol. The molecule has 1 fully saturated rings. The van der Waals surface area contributed by atoms with Crippen LogP contribution in [0, 0.1) is 0 Å².